The molecule has 1 N–H and O–H groups in total. The molecule has 0 saturated carbocycles. The van der Waals surface area contributed by atoms with Crippen LogP contribution in [0.4, 0.5) is 5.69 Å². The highest BCUT2D eigenvalue weighted by molar-refractivity contribution is 6.34. The van der Waals surface area contributed by atoms with Gasteiger partial charge in [0.2, 0.25) is 0 Å². The van der Waals surface area contributed by atoms with Crippen LogP contribution in [-0.4, -0.2) is 31.4 Å². The smallest absolute Gasteiger partial charge is 0.255 e. The highest BCUT2D eigenvalue weighted by Gasteiger charge is 2.16. The molecule has 6 nitrogen and oxygen atoms in total. The van der Waals surface area contributed by atoms with Crippen LogP contribution in [0.25, 0.3) is 27.6 Å². The summed E-state index contributed by atoms with van der Waals surface area (Å²) in [6.07, 6.45) is 1.69. The number of benzene rings is 2. The average molecular weight is 409 g/mol. The highest BCUT2D eigenvalue weighted by Crippen LogP contribution is 2.36. The summed E-state index contributed by atoms with van der Waals surface area (Å²) >= 11 is 6.47. The van der Waals surface area contributed by atoms with Crippen LogP contribution in [0.3, 0.4) is 0 Å². The zero-order valence-electron chi connectivity index (χ0n) is 16.2. The molecule has 1 aromatic heterocycles. The second-order valence-corrected chi connectivity index (χ2v) is 7.56. The van der Waals surface area contributed by atoms with Crippen molar-refractivity contribution in [3.8, 4) is 16.9 Å². The summed E-state index contributed by atoms with van der Waals surface area (Å²) in [5.74, 6) is -0.351. The first-order valence-electron chi connectivity index (χ1n) is 9.07. The van der Waals surface area contributed by atoms with Crippen molar-refractivity contribution in [2.75, 3.05) is 25.6 Å². The molecule has 4 rings (SSSR count). The number of aromatic amines is 1. The lowest BCUT2D eigenvalue weighted by molar-refractivity contribution is -0.266. The van der Waals surface area contributed by atoms with Crippen molar-refractivity contribution in [2.24, 2.45) is 5.16 Å². The normalized spacial score (nSPS) is 13.7. The van der Waals surface area contributed by atoms with Crippen molar-refractivity contribution in [1.29, 1.82) is 0 Å². The van der Waals surface area contributed by atoms with Gasteiger partial charge in [0.15, 0.2) is 0 Å². The number of halogens is 1. The molecule has 148 valence electrons. The maximum Gasteiger partial charge on any atom is 0.255 e. The third kappa shape index (κ3) is 3.47. The van der Waals surface area contributed by atoms with E-state index in [2.05, 4.69) is 10.1 Å². The first kappa shape index (κ1) is 19.1. The van der Waals surface area contributed by atoms with Gasteiger partial charge in [-0.2, -0.15) is 0 Å². The maximum atomic E-state index is 13.2. The molecule has 1 aliphatic rings. The maximum absolute atomic E-state index is 13.2. The quantitative estimate of drug-likeness (QED) is 0.715. The molecular formula is C22H19ClN3O3-. The first-order chi connectivity index (χ1) is 13.8. The zero-order chi connectivity index (χ0) is 20.7. The number of fused-ring (bicyclic) bond motifs is 1. The largest absolute Gasteiger partial charge is 0.871 e. The van der Waals surface area contributed by atoms with Gasteiger partial charge in [0.1, 0.15) is 6.61 Å². The fourth-order valence-corrected chi connectivity index (χ4v) is 3.68. The Labute approximate surface area is 172 Å². The highest BCUT2D eigenvalue weighted by atomic mass is 35.5. The van der Waals surface area contributed by atoms with Crippen LogP contribution < -0.4 is 15.6 Å². The average Bonchev–Trinajstić information content (AvgIpc) is 2.68. The van der Waals surface area contributed by atoms with E-state index in [9.17, 15) is 9.90 Å². The SMILES string of the molecule is CC1=NOCC(c2c([O-])c3cc(-c4ccc(N(C)C)cc4)c(Cl)cc3[nH]c2=O)=C1. The third-order valence-corrected chi connectivity index (χ3v) is 5.19. The second-order valence-electron chi connectivity index (χ2n) is 7.15. The minimum absolute atomic E-state index is 0.0722. The number of pyridine rings is 1. The summed E-state index contributed by atoms with van der Waals surface area (Å²) in [4.78, 5) is 22.5. The van der Waals surface area contributed by atoms with Crippen LogP contribution in [0.5, 0.6) is 5.75 Å². The molecule has 0 fully saturated rings. The standard InChI is InChI=1S/C22H20ClN3O3/c1-12-8-14(11-29-25-12)20-21(27)17-9-16(18(23)10-19(17)24-22(20)28)13-4-6-15(7-5-13)26(2)3/h4-10H,11H2,1-3H3,(H2,24,27,28)/p-1. The molecule has 0 spiro atoms. The summed E-state index contributed by atoms with van der Waals surface area (Å²) in [5, 5.41) is 17.9. The van der Waals surface area contributed by atoms with Gasteiger partial charge in [-0.05, 0) is 48.2 Å². The molecule has 0 aliphatic carbocycles. The third-order valence-electron chi connectivity index (χ3n) is 4.88. The number of hydrogen-bond acceptors (Lipinski definition) is 5. The molecule has 1 aliphatic heterocycles. The van der Waals surface area contributed by atoms with Crippen LogP contribution in [0, 0.1) is 0 Å². The van der Waals surface area contributed by atoms with Gasteiger partial charge in [-0.15, -0.1) is 0 Å². The van der Waals surface area contributed by atoms with Crippen LogP contribution in [-0.2, 0) is 4.84 Å². The fourth-order valence-electron chi connectivity index (χ4n) is 3.41. The minimum Gasteiger partial charge on any atom is -0.871 e. The van der Waals surface area contributed by atoms with Crippen LogP contribution in [0.15, 0.2) is 52.4 Å². The van der Waals surface area contributed by atoms with E-state index in [0.717, 1.165) is 16.8 Å². The van der Waals surface area contributed by atoms with Crippen molar-refractivity contribution >= 4 is 39.5 Å². The second kappa shape index (κ2) is 7.29. The van der Waals surface area contributed by atoms with E-state index < -0.39 is 5.56 Å². The van der Waals surface area contributed by atoms with Crippen LogP contribution in [0.1, 0.15) is 12.5 Å². The van der Waals surface area contributed by atoms with Gasteiger partial charge in [0.05, 0.1) is 10.7 Å². The number of anilines is 1. The Morgan fingerprint density at radius 3 is 2.59 bits per heavy atom. The van der Waals surface area contributed by atoms with Gasteiger partial charge in [-0.25, -0.2) is 0 Å². The lowest BCUT2D eigenvalue weighted by atomic mass is 9.98. The summed E-state index contributed by atoms with van der Waals surface area (Å²) in [6.45, 7) is 1.82. The number of oxime groups is 1. The number of hydrogen-bond donors (Lipinski definition) is 1. The molecule has 0 saturated heterocycles. The lowest BCUT2D eigenvalue weighted by Crippen LogP contribution is -2.19. The van der Waals surface area contributed by atoms with E-state index in [1.54, 1.807) is 25.1 Å². The Kier molecular flexibility index (Phi) is 4.80. The van der Waals surface area contributed by atoms with Crippen molar-refractivity contribution in [1.82, 2.24) is 4.98 Å². The number of nitrogens with one attached hydrogen (secondary N) is 1. The van der Waals surface area contributed by atoms with E-state index >= 15 is 0 Å². The molecule has 29 heavy (non-hydrogen) atoms. The molecule has 3 aromatic rings. The Morgan fingerprint density at radius 2 is 1.93 bits per heavy atom. The predicted molar refractivity (Wildman–Crippen MR) is 116 cm³/mol. The molecule has 0 atom stereocenters. The number of rotatable bonds is 3. The summed E-state index contributed by atoms with van der Waals surface area (Å²) < 4.78 is 0. The van der Waals surface area contributed by atoms with Crippen LogP contribution in [0.2, 0.25) is 5.02 Å². The predicted octanol–water partition coefficient (Wildman–Crippen LogP) is 3.78. The van der Waals surface area contributed by atoms with Gasteiger partial charge in [-0.3, -0.25) is 4.79 Å². The number of nitrogens with zero attached hydrogens (tertiary/aromatic N) is 2. The molecule has 0 bridgehead atoms. The van der Waals surface area contributed by atoms with Gasteiger partial charge >= 0.3 is 0 Å². The summed E-state index contributed by atoms with van der Waals surface area (Å²) in [7, 11) is 3.94. The van der Waals surface area contributed by atoms with Gasteiger partial charge in [0.25, 0.3) is 5.56 Å². The number of aromatic nitrogens is 1. The number of H-pyrrole nitrogens is 1. The van der Waals surface area contributed by atoms with E-state index in [-0.39, 0.29) is 17.9 Å². The molecule has 0 unspecified atom stereocenters. The van der Waals surface area contributed by atoms with E-state index in [4.69, 9.17) is 16.4 Å². The van der Waals surface area contributed by atoms with Crippen molar-refractivity contribution in [3.63, 3.8) is 0 Å². The Bertz CT molecular complexity index is 1220. The molecule has 7 heteroatoms. The lowest BCUT2D eigenvalue weighted by Gasteiger charge is -2.20. The molecular weight excluding hydrogens is 390 g/mol. The molecule has 2 heterocycles. The fraction of sp³-hybridized carbons (Fsp3) is 0.182. The topological polar surface area (TPSA) is 80.8 Å². The zero-order valence-corrected chi connectivity index (χ0v) is 17.0. The monoisotopic (exact) mass is 408 g/mol. The Hall–Kier alpha value is -3.25. The number of allylic oxidation sites excluding steroid dienone is 1. The van der Waals surface area contributed by atoms with E-state index in [1.165, 1.54) is 0 Å². The minimum atomic E-state index is -0.466. The Balaban J connectivity index is 1.90. The Morgan fingerprint density at radius 1 is 1.21 bits per heavy atom. The van der Waals surface area contributed by atoms with Crippen molar-refractivity contribution < 1.29 is 9.94 Å². The van der Waals surface area contributed by atoms with Crippen molar-refractivity contribution in [2.45, 2.75) is 6.92 Å². The van der Waals surface area contributed by atoms with E-state index in [1.807, 2.05) is 43.3 Å². The van der Waals surface area contributed by atoms with Crippen LogP contribution >= 0.6 is 11.6 Å². The van der Waals surface area contributed by atoms with Gasteiger partial charge < -0.3 is 19.8 Å². The van der Waals surface area contributed by atoms with Gasteiger partial charge in [-0.1, -0.05) is 34.6 Å². The summed E-state index contributed by atoms with van der Waals surface area (Å²) in [5.41, 5.74) is 3.80. The molecule has 2 aromatic carbocycles. The van der Waals surface area contributed by atoms with E-state index in [0.29, 0.717) is 27.2 Å². The molecule has 0 radical (unpaired) electrons. The van der Waals surface area contributed by atoms with Gasteiger partial charge in [0, 0.05) is 42.0 Å². The first-order valence-corrected chi connectivity index (χ1v) is 9.45. The molecule has 0 amide bonds. The summed E-state index contributed by atoms with van der Waals surface area (Å²) in [6, 6.07) is 11.2. The van der Waals surface area contributed by atoms with Crippen molar-refractivity contribution in [3.05, 3.63) is 63.4 Å².